The van der Waals surface area contributed by atoms with Gasteiger partial charge in [-0.3, -0.25) is 4.79 Å². The van der Waals surface area contributed by atoms with Crippen LogP contribution >= 0.6 is 0 Å². The van der Waals surface area contributed by atoms with Gasteiger partial charge in [0.05, 0.1) is 18.7 Å². The van der Waals surface area contributed by atoms with Gasteiger partial charge in [0.1, 0.15) is 5.75 Å². The van der Waals surface area contributed by atoms with Crippen molar-refractivity contribution in [3.63, 3.8) is 0 Å². The lowest BCUT2D eigenvalue weighted by Crippen LogP contribution is -3.00. The summed E-state index contributed by atoms with van der Waals surface area (Å²) in [7, 11) is 1.55. The summed E-state index contributed by atoms with van der Waals surface area (Å²) < 4.78 is 5.04. The van der Waals surface area contributed by atoms with E-state index in [1.54, 1.807) is 31.4 Å². The average Bonchev–Trinajstić information content (AvgIpc) is 2.59. The van der Waals surface area contributed by atoms with Crippen LogP contribution in [0.3, 0.4) is 0 Å². The number of quaternary nitrogens is 2. The van der Waals surface area contributed by atoms with Crippen LogP contribution in [0.2, 0.25) is 0 Å². The van der Waals surface area contributed by atoms with Crippen LogP contribution in [0.15, 0.2) is 42.5 Å². The number of hydrogen-bond acceptors (Lipinski definition) is 6. The van der Waals surface area contributed by atoms with Crippen LogP contribution in [-0.2, 0) is 6.54 Å². The average molecular weight is 335 g/mol. The maximum absolute atomic E-state index is 12.2. The smallest absolute Gasteiger partial charge is 0.252 e. The Labute approximate surface area is 137 Å². The predicted molar refractivity (Wildman–Crippen MR) is 82.2 cm³/mol. The van der Waals surface area contributed by atoms with Gasteiger partial charge in [0.2, 0.25) is 0 Å². The van der Waals surface area contributed by atoms with E-state index in [1.807, 2.05) is 0 Å². The molecule has 2 aromatic carbocycles. The number of methoxy groups -OCH3 is 1. The normalized spacial score (nSPS) is 13.2. The first-order valence-corrected chi connectivity index (χ1v) is 6.93. The zero-order valence-electron chi connectivity index (χ0n) is 12.8. The molecule has 0 bridgehead atoms. The predicted octanol–water partition coefficient (Wildman–Crippen LogP) is -0.568. The molecule has 0 spiro atoms. The molecule has 5 N–H and O–H groups in total. The first-order chi connectivity index (χ1) is 11.4. The van der Waals surface area contributed by atoms with Crippen molar-refractivity contribution < 1.29 is 30.4 Å². The van der Waals surface area contributed by atoms with E-state index in [4.69, 9.17) is 15.2 Å². The minimum absolute atomic E-state index is 0.0270. The fraction of sp³-hybridized carbons (Fsp3) is 0.133. The number of carbonyl (C=O) groups is 1. The molecule has 1 amide bonds. The van der Waals surface area contributed by atoms with Gasteiger partial charge in [-0.2, -0.15) is 10.5 Å². The summed E-state index contributed by atoms with van der Waals surface area (Å²) in [6.07, 6.45) is 0. The Balaban J connectivity index is 2.13. The van der Waals surface area contributed by atoms with Crippen LogP contribution < -0.4 is 20.5 Å². The number of hydrogen-bond donors (Lipinski definition) is 5. The van der Waals surface area contributed by atoms with E-state index in [2.05, 4.69) is 5.32 Å². The van der Waals surface area contributed by atoms with E-state index < -0.39 is 16.4 Å². The minimum Gasteiger partial charge on any atom is -0.595 e. The number of carbonyl (C=O) groups excluding carboxylic acids is 1. The van der Waals surface area contributed by atoms with E-state index >= 15 is 0 Å². The number of nitrogens with one attached hydrogen (secondary N) is 3. The Morgan fingerprint density at radius 1 is 1.08 bits per heavy atom. The molecule has 0 radical (unpaired) electrons. The quantitative estimate of drug-likeness (QED) is 0.449. The third-order valence-electron chi connectivity index (χ3n) is 3.30. The molecule has 0 fully saturated rings. The van der Waals surface area contributed by atoms with E-state index in [9.17, 15) is 15.2 Å². The molecule has 24 heavy (non-hydrogen) atoms. The van der Waals surface area contributed by atoms with Gasteiger partial charge < -0.3 is 20.5 Å². The van der Waals surface area contributed by atoms with E-state index in [-0.39, 0.29) is 23.5 Å². The molecule has 0 aliphatic heterocycles. The highest BCUT2D eigenvalue weighted by Crippen LogP contribution is 2.14. The van der Waals surface area contributed by atoms with Gasteiger partial charge in [-0.1, -0.05) is 12.1 Å². The molecule has 0 saturated carbocycles. The lowest BCUT2D eigenvalue weighted by Gasteiger charge is -2.17. The third kappa shape index (κ3) is 4.49. The van der Waals surface area contributed by atoms with Crippen LogP contribution in [0.4, 0.5) is 11.4 Å². The molecule has 9 nitrogen and oxygen atoms in total. The van der Waals surface area contributed by atoms with Gasteiger partial charge in [-0.25, -0.2) is 10.4 Å². The number of benzene rings is 2. The molecule has 9 heteroatoms. The van der Waals surface area contributed by atoms with Crippen molar-refractivity contribution in [1.29, 1.82) is 0 Å². The van der Waals surface area contributed by atoms with Crippen molar-refractivity contribution in [3.8, 4) is 5.75 Å². The van der Waals surface area contributed by atoms with Gasteiger partial charge in [-0.15, -0.1) is 0 Å². The van der Waals surface area contributed by atoms with Gasteiger partial charge in [0, 0.05) is 18.7 Å². The standard InChI is InChI=1S/C15H17N3O6/c1-24-14-4-2-10(3-5-14)9-16-15(19)11-6-12(17(20)21)8-13(7-11)18(22)23/h2-8,17-18,20,22H,9H2,1H3,(H,16,19). The molecule has 0 heterocycles. The summed E-state index contributed by atoms with van der Waals surface area (Å²) >= 11 is 0. The summed E-state index contributed by atoms with van der Waals surface area (Å²) in [5, 5.41) is 40.2. The number of ether oxygens (including phenoxy) is 1. The van der Waals surface area contributed by atoms with Crippen LogP contribution in [0, 0.1) is 10.4 Å². The molecule has 2 rings (SSSR count). The minimum atomic E-state index is -1.30. The highest BCUT2D eigenvalue weighted by Gasteiger charge is 2.15. The van der Waals surface area contributed by atoms with Gasteiger partial charge in [-0.05, 0) is 17.7 Å². The zero-order chi connectivity index (χ0) is 17.7. The largest absolute Gasteiger partial charge is 0.595 e. The Morgan fingerprint density at radius 2 is 1.62 bits per heavy atom. The fourth-order valence-corrected chi connectivity index (χ4v) is 2.03. The first-order valence-electron chi connectivity index (χ1n) is 6.93. The monoisotopic (exact) mass is 335 g/mol. The molecule has 0 aromatic heterocycles. The summed E-state index contributed by atoms with van der Waals surface area (Å²) in [4.78, 5) is 12.2. The lowest BCUT2D eigenvalue weighted by atomic mass is 10.1. The summed E-state index contributed by atoms with van der Waals surface area (Å²) in [6.45, 7) is 0.211. The first kappa shape index (κ1) is 17.8. The van der Waals surface area contributed by atoms with E-state index in [0.29, 0.717) is 5.75 Å². The van der Waals surface area contributed by atoms with Gasteiger partial charge >= 0.3 is 0 Å². The second kappa shape index (κ2) is 7.84. The van der Waals surface area contributed by atoms with E-state index in [0.717, 1.165) is 23.8 Å². The highest BCUT2D eigenvalue weighted by atomic mass is 16.8. The van der Waals surface area contributed by atoms with Gasteiger partial charge in [0.25, 0.3) is 5.91 Å². The number of rotatable bonds is 6. The molecule has 2 unspecified atom stereocenters. The van der Waals surface area contributed by atoms with Crippen molar-refractivity contribution in [2.45, 2.75) is 6.54 Å². The van der Waals surface area contributed by atoms with Crippen LogP contribution in [0.25, 0.3) is 0 Å². The highest BCUT2D eigenvalue weighted by molar-refractivity contribution is 5.95. The zero-order valence-corrected chi connectivity index (χ0v) is 12.8. The Hall–Kier alpha value is -2.53. The Kier molecular flexibility index (Phi) is 5.82. The maximum Gasteiger partial charge on any atom is 0.252 e. The summed E-state index contributed by atoms with van der Waals surface area (Å²) in [6, 6.07) is 10.3. The number of amides is 1. The molecule has 0 saturated heterocycles. The Morgan fingerprint density at radius 3 is 2.08 bits per heavy atom. The molecule has 128 valence electrons. The van der Waals surface area contributed by atoms with Crippen molar-refractivity contribution >= 4 is 17.3 Å². The van der Waals surface area contributed by atoms with Crippen LogP contribution in [0.5, 0.6) is 5.75 Å². The van der Waals surface area contributed by atoms with Crippen molar-refractivity contribution in [3.05, 3.63) is 64.0 Å². The van der Waals surface area contributed by atoms with E-state index in [1.165, 1.54) is 0 Å². The second-order valence-electron chi connectivity index (χ2n) is 4.94. The molecule has 0 aliphatic carbocycles. The van der Waals surface area contributed by atoms with Crippen molar-refractivity contribution in [1.82, 2.24) is 5.32 Å². The van der Waals surface area contributed by atoms with Crippen molar-refractivity contribution in [2.24, 2.45) is 0 Å². The fourth-order valence-electron chi connectivity index (χ4n) is 2.03. The lowest BCUT2D eigenvalue weighted by molar-refractivity contribution is -0.996. The van der Waals surface area contributed by atoms with Crippen molar-refractivity contribution in [2.75, 3.05) is 7.11 Å². The molecular weight excluding hydrogens is 318 g/mol. The second-order valence-corrected chi connectivity index (χ2v) is 4.94. The maximum atomic E-state index is 12.2. The van der Waals surface area contributed by atoms with Crippen LogP contribution in [0.1, 0.15) is 15.9 Å². The topological polar surface area (TPSA) is 134 Å². The molecular formula is C15H17N3O6. The summed E-state index contributed by atoms with van der Waals surface area (Å²) in [5.74, 6) is 0.127. The van der Waals surface area contributed by atoms with Gasteiger partial charge in [0.15, 0.2) is 11.4 Å². The molecule has 0 aliphatic rings. The SMILES string of the molecule is COc1ccc(CNC(=O)c2cc([NH+]([O-])O)cc([NH+]([O-])O)c2)cc1. The molecule has 2 atom stereocenters. The van der Waals surface area contributed by atoms with Crippen LogP contribution in [-0.4, -0.2) is 23.4 Å². The Bertz CT molecular complexity index is 677. The molecule has 2 aromatic rings. The third-order valence-corrected chi connectivity index (χ3v) is 3.30. The summed E-state index contributed by atoms with van der Waals surface area (Å²) in [5.41, 5.74) is 0.270.